The maximum Gasteiger partial charge on any atom is 0.240 e. The molecule has 5 nitrogen and oxygen atoms in total. The van der Waals surface area contributed by atoms with Crippen LogP contribution < -0.4 is 16.0 Å². The van der Waals surface area contributed by atoms with Crippen molar-refractivity contribution in [3.05, 3.63) is 35.9 Å². The summed E-state index contributed by atoms with van der Waals surface area (Å²) in [7, 11) is 1.88. The van der Waals surface area contributed by atoms with Crippen molar-refractivity contribution < 1.29 is 4.79 Å². The molecule has 3 N–H and O–H groups in total. The predicted molar refractivity (Wildman–Crippen MR) is 105 cm³/mol. The third kappa shape index (κ3) is 4.21. The Morgan fingerprint density at radius 3 is 2.88 bits per heavy atom. The number of carbonyl (C=O) groups is 1. The molecule has 0 spiro atoms. The zero-order chi connectivity index (χ0) is 17.5. The van der Waals surface area contributed by atoms with Crippen LogP contribution in [0.5, 0.6) is 0 Å². The molecule has 24 heavy (non-hydrogen) atoms. The summed E-state index contributed by atoms with van der Waals surface area (Å²) in [6.07, 6.45) is 6.90. The standard InChI is InChI=1S/C18H24N4OS/c1-5-7-8-9-20-11-15(23)21-18-22-16-12(3)10-14(19-4)13(6-2)17(16)24-18/h6-8,10,19-20H,2,5,9,11H2,1,3-4H3,(H,21,22,23)/b8-7-. The van der Waals surface area contributed by atoms with E-state index in [9.17, 15) is 4.79 Å². The number of anilines is 2. The molecule has 2 aromatic rings. The molecule has 0 unspecified atom stereocenters. The van der Waals surface area contributed by atoms with Crippen LogP contribution in [-0.4, -0.2) is 31.0 Å². The van der Waals surface area contributed by atoms with E-state index in [0.29, 0.717) is 11.7 Å². The lowest BCUT2D eigenvalue weighted by molar-refractivity contribution is -0.115. The second kappa shape index (κ2) is 8.61. The van der Waals surface area contributed by atoms with Crippen LogP contribution in [0.25, 0.3) is 16.3 Å². The van der Waals surface area contributed by atoms with E-state index in [4.69, 9.17) is 0 Å². The fourth-order valence-electron chi connectivity index (χ4n) is 2.40. The van der Waals surface area contributed by atoms with Gasteiger partial charge in [0.2, 0.25) is 5.91 Å². The number of hydrogen-bond acceptors (Lipinski definition) is 5. The van der Waals surface area contributed by atoms with Gasteiger partial charge in [-0.25, -0.2) is 4.98 Å². The molecule has 0 aliphatic rings. The lowest BCUT2D eigenvalue weighted by atomic mass is 10.1. The Morgan fingerprint density at radius 2 is 2.21 bits per heavy atom. The van der Waals surface area contributed by atoms with Gasteiger partial charge in [-0.2, -0.15) is 0 Å². The first-order valence-corrected chi connectivity index (χ1v) is 8.82. The molecule has 0 bridgehead atoms. The van der Waals surface area contributed by atoms with Crippen LogP contribution in [-0.2, 0) is 4.79 Å². The Labute approximate surface area is 146 Å². The van der Waals surface area contributed by atoms with Crippen LogP contribution in [0.1, 0.15) is 24.5 Å². The van der Waals surface area contributed by atoms with Crippen molar-refractivity contribution in [2.24, 2.45) is 0 Å². The fourth-order valence-corrected chi connectivity index (χ4v) is 3.50. The summed E-state index contributed by atoms with van der Waals surface area (Å²) < 4.78 is 1.03. The number of nitrogens with one attached hydrogen (secondary N) is 3. The van der Waals surface area contributed by atoms with Crippen molar-refractivity contribution in [3.63, 3.8) is 0 Å². The van der Waals surface area contributed by atoms with E-state index in [0.717, 1.165) is 33.5 Å². The summed E-state index contributed by atoms with van der Waals surface area (Å²) in [4.78, 5) is 16.6. The van der Waals surface area contributed by atoms with Crippen LogP contribution in [0.2, 0.25) is 0 Å². The first kappa shape index (κ1) is 18.2. The molecule has 1 aromatic carbocycles. The quantitative estimate of drug-likeness (QED) is 0.503. The average Bonchev–Trinajstić information content (AvgIpc) is 2.98. The fraction of sp³-hybridized carbons (Fsp3) is 0.333. The van der Waals surface area contributed by atoms with Gasteiger partial charge in [0.05, 0.1) is 16.8 Å². The molecule has 1 aromatic heterocycles. The molecular formula is C18H24N4OS. The van der Waals surface area contributed by atoms with E-state index in [2.05, 4.69) is 40.5 Å². The Balaban J connectivity index is 2.13. The minimum atomic E-state index is -0.0920. The molecule has 2 rings (SSSR count). The van der Waals surface area contributed by atoms with Crippen molar-refractivity contribution in [1.82, 2.24) is 10.3 Å². The monoisotopic (exact) mass is 344 g/mol. The van der Waals surface area contributed by atoms with Crippen molar-refractivity contribution >= 4 is 44.4 Å². The van der Waals surface area contributed by atoms with Gasteiger partial charge in [0.1, 0.15) is 0 Å². The highest BCUT2D eigenvalue weighted by Crippen LogP contribution is 2.36. The van der Waals surface area contributed by atoms with Gasteiger partial charge in [-0.3, -0.25) is 4.79 Å². The van der Waals surface area contributed by atoms with Crippen LogP contribution >= 0.6 is 11.3 Å². The number of rotatable bonds is 8. The molecule has 6 heteroatoms. The number of fused-ring (bicyclic) bond motifs is 1. The van der Waals surface area contributed by atoms with E-state index in [1.54, 1.807) is 0 Å². The normalized spacial score (nSPS) is 11.1. The van der Waals surface area contributed by atoms with E-state index in [1.807, 2.05) is 32.2 Å². The number of amides is 1. The number of thiazole rings is 1. The van der Waals surface area contributed by atoms with Crippen LogP contribution in [0.3, 0.4) is 0 Å². The number of aryl methyl sites for hydroxylation is 1. The molecule has 0 atom stereocenters. The lowest BCUT2D eigenvalue weighted by Crippen LogP contribution is -2.28. The second-order valence-electron chi connectivity index (χ2n) is 5.36. The predicted octanol–water partition coefficient (Wildman–Crippen LogP) is 3.78. The third-order valence-electron chi connectivity index (χ3n) is 3.57. The molecule has 1 heterocycles. The minimum Gasteiger partial charge on any atom is -0.388 e. The molecule has 0 aliphatic heterocycles. The first-order valence-electron chi connectivity index (χ1n) is 8.00. The summed E-state index contributed by atoms with van der Waals surface area (Å²) >= 11 is 1.47. The highest BCUT2D eigenvalue weighted by molar-refractivity contribution is 7.22. The number of hydrogen-bond donors (Lipinski definition) is 3. The SMILES string of the molecule is C=Cc1c(NC)cc(C)c2nc(NC(=O)CNC/C=C\CC)sc12. The molecule has 0 radical (unpaired) electrons. The highest BCUT2D eigenvalue weighted by Gasteiger charge is 2.14. The van der Waals surface area contributed by atoms with Gasteiger partial charge >= 0.3 is 0 Å². The number of nitrogens with zero attached hydrogens (tertiary/aromatic N) is 1. The van der Waals surface area contributed by atoms with Gasteiger partial charge in [-0.05, 0) is 25.0 Å². The number of aromatic nitrogens is 1. The smallest absolute Gasteiger partial charge is 0.240 e. The summed E-state index contributed by atoms with van der Waals surface area (Å²) in [6.45, 7) is 8.93. The Morgan fingerprint density at radius 1 is 1.42 bits per heavy atom. The number of benzene rings is 1. The summed E-state index contributed by atoms with van der Waals surface area (Å²) in [5, 5.41) is 9.73. The molecule has 0 fully saturated rings. The molecule has 1 amide bonds. The van der Waals surface area contributed by atoms with Crippen LogP contribution in [0.15, 0.2) is 24.8 Å². The van der Waals surface area contributed by atoms with Gasteiger partial charge in [-0.1, -0.05) is 43.1 Å². The molecule has 0 aliphatic carbocycles. The van der Waals surface area contributed by atoms with E-state index >= 15 is 0 Å². The molecular weight excluding hydrogens is 320 g/mol. The first-order chi connectivity index (χ1) is 11.6. The van der Waals surface area contributed by atoms with Crippen LogP contribution in [0.4, 0.5) is 10.8 Å². The molecule has 0 saturated heterocycles. The average molecular weight is 344 g/mol. The maximum absolute atomic E-state index is 12.0. The number of carbonyl (C=O) groups excluding carboxylic acids is 1. The van der Waals surface area contributed by atoms with Crippen molar-refractivity contribution in [3.8, 4) is 0 Å². The van der Waals surface area contributed by atoms with Crippen molar-refractivity contribution in [2.45, 2.75) is 20.3 Å². The third-order valence-corrected chi connectivity index (χ3v) is 4.57. The van der Waals surface area contributed by atoms with Gasteiger partial charge in [0.15, 0.2) is 5.13 Å². The highest BCUT2D eigenvalue weighted by atomic mass is 32.1. The zero-order valence-electron chi connectivity index (χ0n) is 14.4. The topological polar surface area (TPSA) is 66.0 Å². The van der Waals surface area contributed by atoms with Crippen LogP contribution in [0, 0.1) is 6.92 Å². The second-order valence-corrected chi connectivity index (χ2v) is 6.36. The van der Waals surface area contributed by atoms with Crippen molar-refractivity contribution in [2.75, 3.05) is 30.8 Å². The number of allylic oxidation sites excluding steroid dienone is 1. The summed E-state index contributed by atoms with van der Waals surface area (Å²) in [5.74, 6) is -0.0920. The Bertz CT molecular complexity index is 764. The van der Waals surface area contributed by atoms with Crippen molar-refractivity contribution in [1.29, 1.82) is 0 Å². The van der Waals surface area contributed by atoms with E-state index < -0.39 is 0 Å². The lowest BCUT2D eigenvalue weighted by Gasteiger charge is -2.07. The minimum absolute atomic E-state index is 0.0920. The molecule has 0 saturated carbocycles. The molecule has 128 valence electrons. The zero-order valence-corrected chi connectivity index (χ0v) is 15.2. The van der Waals surface area contributed by atoms with Gasteiger partial charge in [-0.15, -0.1) is 0 Å². The summed E-state index contributed by atoms with van der Waals surface area (Å²) in [6, 6.07) is 2.05. The van der Waals surface area contributed by atoms with Gasteiger partial charge in [0.25, 0.3) is 0 Å². The van der Waals surface area contributed by atoms with E-state index in [-0.39, 0.29) is 12.5 Å². The Kier molecular flexibility index (Phi) is 6.52. The van der Waals surface area contributed by atoms with E-state index in [1.165, 1.54) is 11.3 Å². The van der Waals surface area contributed by atoms with Gasteiger partial charge < -0.3 is 16.0 Å². The van der Waals surface area contributed by atoms with Gasteiger partial charge in [0, 0.05) is 24.8 Å². The Hall–Kier alpha value is -2.18. The maximum atomic E-state index is 12.0. The largest absolute Gasteiger partial charge is 0.388 e. The summed E-state index contributed by atoms with van der Waals surface area (Å²) in [5.41, 5.74) is 4.00.